The SMILES string of the molecule is COc1ccc(C)cc1S(=O)(=O)N(CC(=O)N[C@H](C)c1ccc(F)cc1)c1ccc(Cl)cc1. The highest BCUT2D eigenvalue weighted by Crippen LogP contribution is 2.31. The summed E-state index contributed by atoms with van der Waals surface area (Å²) in [6, 6.07) is 16.2. The molecule has 0 unspecified atom stereocenters. The summed E-state index contributed by atoms with van der Waals surface area (Å²) in [5.74, 6) is -0.749. The third-order valence-corrected chi connectivity index (χ3v) is 7.08. The van der Waals surface area contributed by atoms with Gasteiger partial charge >= 0.3 is 0 Å². The number of ether oxygens (including phenoxy) is 1. The minimum atomic E-state index is -4.18. The van der Waals surface area contributed by atoms with Gasteiger partial charge in [0.2, 0.25) is 5.91 Å². The molecule has 0 aliphatic rings. The van der Waals surface area contributed by atoms with Crippen LogP contribution in [0.2, 0.25) is 5.02 Å². The predicted molar refractivity (Wildman–Crippen MR) is 127 cm³/mol. The summed E-state index contributed by atoms with van der Waals surface area (Å²) in [6.07, 6.45) is 0. The second-order valence-electron chi connectivity index (χ2n) is 7.48. The van der Waals surface area contributed by atoms with Crippen molar-refractivity contribution in [3.63, 3.8) is 0 Å². The number of anilines is 1. The average molecular weight is 491 g/mol. The van der Waals surface area contributed by atoms with Crippen molar-refractivity contribution in [2.24, 2.45) is 0 Å². The standard InChI is InChI=1S/C24H24ClFN2O4S/c1-16-4-13-22(32-3)23(14-16)33(30,31)28(21-11-7-19(25)8-12-21)15-24(29)27-17(2)18-5-9-20(26)10-6-18/h4-14,17H,15H2,1-3H3,(H,27,29)/t17-/m1/s1. The summed E-state index contributed by atoms with van der Waals surface area (Å²) in [5, 5.41) is 3.20. The van der Waals surface area contributed by atoms with Gasteiger partial charge in [0.1, 0.15) is 23.0 Å². The number of benzene rings is 3. The van der Waals surface area contributed by atoms with Gasteiger partial charge in [-0.05, 0) is 73.5 Å². The maximum Gasteiger partial charge on any atom is 0.268 e. The first-order valence-electron chi connectivity index (χ1n) is 10.1. The van der Waals surface area contributed by atoms with Crippen molar-refractivity contribution in [1.29, 1.82) is 0 Å². The number of rotatable bonds is 8. The van der Waals surface area contributed by atoms with Crippen LogP contribution in [-0.2, 0) is 14.8 Å². The van der Waals surface area contributed by atoms with Gasteiger partial charge < -0.3 is 10.1 Å². The summed E-state index contributed by atoms with van der Waals surface area (Å²) in [6.45, 7) is 3.02. The fraction of sp³-hybridized carbons (Fsp3) is 0.208. The Morgan fingerprint density at radius 3 is 2.33 bits per heavy atom. The smallest absolute Gasteiger partial charge is 0.268 e. The van der Waals surface area contributed by atoms with Crippen LogP contribution in [0.5, 0.6) is 5.75 Å². The van der Waals surface area contributed by atoms with E-state index in [-0.39, 0.29) is 22.1 Å². The van der Waals surface area contributed by atoms with Crippen molar-refractivity contribution in [1.82, 2.24) is 5.32 Å². The van der Waals surface area contributed by atoms with Gasteiger partial charge in [0, 0.05) is 5.02 Å². The summed E-state index contributed by atoms with van der Waals surface area (Å²) in [5.41, 5.74) is 1.68. The molecule has 33 heavy (non-hydrogen) atoms. The molecule has 0 heterocycles. The minimum absolute atomic E-state index is 0.0562. The molecule has 3 aromatic carbocycles. The van der Waals surface area contributed by atoms with Crippen LogP contribution in [0.1, 0.15) is 24.1 Å². The Bertz CT molecular complexity index is 1230. The summed E-state index contributed by atoms with van der Waals surface area (Å²) in [4.78, 5) is 12.8. The molecule has 9 heteroatoms. The fourth-order valence-corrected chi connectivity index (χ4v) is 5.07. The molecule has 0 fully saturated rings. The fourth-order valence-electron chi connectivity index (χ4n) is 3.28. The van der Waals surface area contributed by atoms with Crippen LogP contribution in [0.4, 0.5) is 10.1 Å². The lowest BCUT2D eigenvalue weighted by Gasteiger charge is -2.26. The molecule has 0 aromatic heterocycles. The molecular weight excluding hydrogens is 467 g/mol. The maximum absolute atomic E-state index is 13.7. The van der Waals surface area contributed by atoms with Gasteiger partial charge in [-0.25, -0.2) is 12.8 Å². The van der Waals surface area contributed by atoms with Crippen LogP contribution >= 0.6 is 11.6 Å². The molecule has 1 atom stereocenters. The average Bonchev–Trinajstić information content (AvgIpc) is 2.78. The topological polar surface area (TPSA) is 75.7 Å². The normalized spacial score (nSPS) is 12.2. The highest BCUT2D eigenvalue weighted by atomic mass is 35.5. The second kappa shape index (κ2) is 10.2. The van der Waals surface area contributed by atoms with Crippen LogP contribution in [0, 0.1) is 12.7 Å². The zero-order valence-corrected chi connectivity index (χ0v) is 20.0. The largest absolute Gasteiger partial charge is 0.495 e. The monoisotopic (exact) mass is 490 g/mol. The van der Waals surface area contributed by atoms with E-state index < -0.39 is 28.5 Å². The number of hydrogen-bond donors (Lipinski definition) is 1. The van der Waals surface area contributed by atoms with E-state index in [0.29, 0.717) is 10.6 Å². The van der Waals surface area contributed by atoms with E-state index in [1.54, 1.807) is 50.2 Å². The molecule has 0 aliphatic carbocycles. The van der Waals surface area contributed by atoms with E-state index in [9.17, 15) is 17.6 Å². The zero-order chi connectivity index (χ0) is 24.2. The van der Waals surface area contributed by atoms with E-state index in [2.05, 4.69) is 5.32 Å². The molecule has 0 bridgehead atoms. The molecule has 1 N–H and O–H groups in total. The Kier molecular flexibility index (Phi) is 7.61. The van der Waals surface area contributed by atoms with Crippen molar-refractivity contribution in [2.45, 2.75) is 24.8 Å². The van der Waals surface area contributed by atoms with Crippen LogP contribution < -0.4 is 14.4 Å². The van der Waals surface area contributed by atoms with Gasteiger partial charge in [-0.1, -0.05) is 29.8 Å². The van der Waals surface area contributed by atoms with Crippen molar-refractivity contribution in [3.05, 3.63) is 88.7 Å². The first-order valence-corrected chi connectivity index (χ1v) is 11.9. The molecular formula is C24H24ClFN2O4S. The van der Waals surface area contributed by atoms with Gasteiger partial charge in [-0.15, -0.1) is 0 Å². The number of sulfonamides is 1. The lowest BCUT2D eigenvalue weighted by atomic mass is 10.1. The van der Waals surface area contributed by atoms with Crippen molar-refractivity contribution < 1.29 is 22.3 Å². The van der Waals surface area contributed by atoms with E-state index in [1.165, 1.54) is 37.4 Å². The van der Waals surface area contributed by atoms with E-state index in [0.717, 1.165) is 9.87 Å². The third kappa shape index (κ3) is 5.83. The number of methoxy groups -OCH3 is 1. The maximum atomic E-state index is 13.7. The minimum Gasteiger partial charge on any atom is -0.495 e. The molecule has 0 saturated heterocycles. The molecule has 174 valence electrons. The molecule has 1 amide bonds. The molecule has 3 rings (SSSR count). The number of nitrogens with zero attached hydrogens (tertiary/aromatic N) is 1. The Morgan fingerprint density at radius 2 is 1.73 bits per heavy atom. The van der Waals surface area contributed by atoms with E-state index in [1.807, 2.05) is 0 Å². The highest BCUT2D eigenvalue weighted by Gasteiger charge is 2.30. The van der Waals surface area contributed by atoms with Gasteiger partial charge in [-0.3, -0.25) is 9.10 Å². The number of carbonyl (C=O) groups excluding carboxylic acids is 1. The van der Waals surface area contributed by atoms with Crippen LogP contribution in [0.3, 0.4) is 0 Å². The van der Waals surface area contributed by atoms with Crippen molar-refractivity contribution in [3.8, 4) is 5.75 Å². The lowest BCUT2D eigenvalue weighted by Crippen LogP contribution is -2.41. The Labute approximate surface area is 198 Å². The number of halogens is 2. The van der Waals surface area contributed by atoms with Crippen LogP contribution in [0.25, 0.3) is 0 Å². The molecule has 0 saturated carbocycles. The molecule has 6 nitrogen and oxygen atoms in total. The quantitative estimate of drug-likeness (QED) is 0.489. The van der Waals surface area contributed by atoms with Gasteiger partial charge in [0.25, 0.3) is 10.0 Å². The zero-order valence-electron chi connectivity index (χ0n) is 18.4. The number of hydrogen-bond acceptors (Lipinski definition) is 4. The first kappa shape index (κ1) is 24.5. The number of amides is 1. The van der Waals surface area contributed by atoms with Gasteiger partial charge in [0.05, 0.1) is 18.8 Å². The first-order chi connectivity index (χ1) is 15.6. The predicted octanol–water partition coefficient (Wildman–Crippen LogP) is 4.87. The lowest BCUT2D eigenvalue weighted by molar-refractivity contribution is -0.120. The Hall–Kier alpha value is -3.10. The summed E-state index contributed by atoms with van der Waals surface area (Å²) < 4.78 is 46.8. The number of carbonyl (C=O) groups is 1. The Morgan fingerprint density at radius 1 is 1.09 bits per heavy atom. The van der Waals surface area contributed by atoms with Crippen LogP contribution in [0.15, 0.2) is 71.6 Å². The molecule has 0 radical (unpaired) electrons. The number of nitrogens with one attached hydrogen (secondary N) is 1. The highest BCUT2D eigenvalue weighted by molar-refractivity contribution is 7.93. The molecule has 0 spiro atoms. The molecule has 3 aromatic rings. The Balaban J connectivity index is 1.95. The van der Waals surface area contributed by atoms with Crippen LogP contribution in [-0.4, -0.2) is 28.0 Å². The van der Waals surface area contributed by atoms with Gasteiger partial charge in [-0.2, -0.15) is 0 Å². The van der Waals surface area contributed by atoms with Crippen molar-refractivity contribution >= 4 is 33.2 Å². The summed E-state index contributed by atoms with van der Waals surface area (Å²) in [7, 11) is -2.80. The molecule has 0 aliphatic heterocycles. The second-order valence-corrected chi connectivity index (χ2v) is 9.75. The van der Waals surface area contributed by atoms with E-state index >= 15 is 0 Å². The third-order valence-electron chi connectivity index (χ3n) is 5.04. The number of aryl methyl sites for hydroxylation is 1. The van der Waals surface area contributed by atoms with E-state index in [4.69, 9.17) is 16.3 Å². The van der Waals surface area contributed by atoms with Crippen molar-refractivity contribution in [2.75, 3.05) is 18.0 Å². The summed E-state index contributed by atoms with van der Waals surface area (Å²) >= 11 is 5.98. The van der Waals surface area contributed by atoms with Gasteiger partial charge in [0.15, 0.2) is 0 Å².